The molecule has 1 aliphatic heterocycles. The number of carbonyl (C=O) groups is 2. The molecule has 1 heterocycles. The first-order valence-corrected chi connectivity index (χ1v) is 10.5. The molecular formula is C22H23BrF2N2O2. The van der Waals surface area contributed by atoms with E-state index in [9.17, 15) is 18.4 Å². The summed E-state index contributed by atoms with van der Waals surface area (Å²) in [4.78, 5) is 26.7. The third-order valence-electron chi connectivity index (χ3n) is 5.31. The lowest BCUT2D eigenvalue weighted by Gasteiger charge is -2.32. The standard InChI is InChI=1S/C22H23BrF2N2O2/c1-2-20(14-3-5-16(23)6-4-14)26-21(28)15-9-11-27(12-10-15)22(29)18-8-7-17(24)13-19(18)25/h3-8,13,15,20H,2,9-12H2,1H3,(H,26,28). The number of piperidine rings is 1. The Hall–Kier alpha value is -2.28. The molecule has 4 nitrogen and oxygen atoms in total. The van der Waals surface area contributed by atoms with Gasteiger partial charge in [-0.25, -0.2) is 8.78 Å². The number of nitrogens with one attached hydrogen (secondary N) is 1. The largest absolute Gasteiger partial charge is 0.349 e. The number of likely N-dealkylation sites (tertiary alicyclic amines) is 1. The molecule has 0 aliphatic carbocycles. The van der Waals surface area contributed by atoms with Gasteiger partial charge in [0.1, 0.15) is 11.6 Å². The number of benzene rings is 2. The van der Waals surface area contributed by atoms with Gasteiger partial charge < -0.3 is 10.2 Å². The van der Waals surface area contributed by atoms with Crippen LogP contribution in [0.3, 0.4) is 0 Å². The van der Waals surface area contributed by atoms with E-state index in [0.29, 0.717) is 32.0 Å². The van der Waals surface area contributed by atoms with Crippen molar-refractivity contribution in [2.45, 2.75) is 32.2 Å². The van der Waals surface area contributed by atoms with Gasteiger partial charge in [-0.15, -0.1) is 0 Å². The molecule has 2 aromatic rings. The summed E-state index contributed by atoms with van der Waals surface area (Å²) in [5.74, 6) is -2.27. The second-order valence-electron chi connectivity index (χ2n) is 7.21. The molecule has 154 valence electrons. The molecule has 3 rings (SSSR count). The van der Waals surface area contributed by atoms with E-state index in [1.807, 2.05) is 31.2 Å². The molecule has 1 atom stereocenters. The van der Waals surface area contributed by atoms with Gasteiger partial charge in [0, 0.05) is 29.5 Å². The van der Waals surface area contributed by atoms with Crippen LogP contribution in [-0.4, -0.2) is 29.8 Å². The van der Waals surface area contributed by atoms with E-state index in [1.165, 1.54) is 4.90 Å². The smallest absolute Gasteiger partial charge is 0.256 e. The quantitative estimate of drug-likeness (QED) is 0.687. The summed E-state index contributed by atoms with van der Waals surface area (Å²) >= 11 is 3.41. The van der Waals surface area contributed by atoms with Crippen molar-refractivity contribution in [3.63, 3.8) is 0 Å². The molecule has 2 amide bonds. The second-order valence-corrected chi connectivity index (χ2v) is 8.13. The Balaban J connectivity index is 1.57. The maximum absolute atomic E-state index is 13.9. The van der Waals surface area contributed by atoms with Crippen LogP contribution in [0.5, 0.6) is 0 Å². The molecule has 1 saturated heterocycles. The van der Waals surface area contributed by atoms with E-state index >= 15 is 0 Å². The van der Waals surface area contributed by atoms with Gasteiger partial charge in [0.05, 0.1) is 11.6 Å². The number of amides is 2. The lowest BCUT2D eigenvalue weighted by Crippen LogP contribution is -2.43. The van der Waals surface area contributed by atoms with Gasteiger partial charge in [-0.1, -0.05) is 35.0 Å². The van der Waals surface area contributed by atoms with Crippen LogP contribution in [0, 0.1) is 17.6 Å². The molecule has 29 heavy (non-hydrogen) atoms. The highest BCUT2D eigenvalue weighted by Crippen LogP contribution is 2.24. The zero-order valence-corrected chi connectivity index (χ0v) is 17.7. The fraction of sp³-hybridized carbons (Fsp3) is 0.364. The summed E-state index contributed by atoms with van der Waals surface area (Å²) in [5.41, 5.74) is 0.902. The van der Waals surface area contributed by atoms with Gasteiger partial charge in [0.2, 0.25) is 5.91 Å². The lowest BCUT2D eigenvalue weighted by atomic mass is 9.94. The van der Waals surface area contributed by atoms with E-state index in [2.05, 4.69) is 21.2 Å². The van der Waals surface area contributed by atoms with E-state index in [1.54, 1.807) is 0 Å². The number of halogens is 3. The van der Waals surface area contributed by atoms with Crippen LogP contribution in [0.15, 0.2) is 46.9 Å². The van der Waals surface area contributed by atoms with Crippen LogP contribution in [0.25, 0.3) is 0 Å². The van der Waals surface area contributed by atoms with Crippen molar-refractivity contribution >= 4 is 27.7 Å². The summed E-state index contributed by atoms with van der Waals surface area (Å²) in [5, 5.41) is 3.10. The van der Waals surface area contributed by atoms with Gasteiger partial charge >= 0.3 is 0 Å². The predicted octanol–water partition coefficient (Wildman–Crippen LogP) is 4.85. The molecule has 7 heteroatoms. The topological polar surface area (TPSA) is 49.4 Å². The minimum Gasteiger partial charge on any atom is -0.349 e. The number of nitrogens with zero attached hydrogens (tertiary/aromatic N) is 1. The first-order valence-electron chi connectivity index (χ1n) is 9.69. The van der Waals surface area contributed by atoms with Crippen molar-refractivity contribution < 1.29 is 18.4 Å². The second kappa shape index (κ2) is 9.48. The normalized spacial score (nSPS) is 15.8. The molecule has 0 saturated carbocycles. The fourth-order valence-electron chi connectivity index (χ4n) is 3.58. The fourth-order valence-corrected chi connectivity index (χ4v) is 3.85. The van der Waals surface area contributed by atoms with Crippen LogP contribution in [0.4, 0.5) is 8.78 Å². The Labute approximate surface area is 177 Å². The Morgan fingerprint density at radius 1 is 1.14 bits per heavy atom. The third kappa shape index (κ3) is 5.21. The molecule has 1 unspecified atom stereocenters. The van der Waals surface area contributed by atoms with Gasteiger partial charge in [0.25, 0.3) is 5.91 Å². The van der Waals surface area contributed by atoms with Crippen LogP contribution < -0.4 is 5.32 Å². The number of hydrogen-bond acceptors (Lipinski definition) is 2. The minimum atomic E-state index is -0.866. The average molecular weight is 465 g/mol. The van der Waals surface area contributed by atoms with Crippen LogP contribution in [0.1, 0.15) is 48.1 Å². The minimum absolute atomic E-state index is 0.0279. The Morgan fingerprint density at radius 2 is 1.79 bits per heavy atom. The molecule has 0 spiro atoms. The first kappa shape index (κ1) is 21.4. The maximum Gasteiger partial charge on any atom is 0.256 e. The predicted molar refractivity (Wildman–Crippen MR) is 110 cm³/mol. The van der Waals surface area contributed by atoms with Gasteiger partial charge in [-0.3, -0.25) is 9.59 Å². The average Bonchev–Trinajstić information content (AvgIpc) is 2.72. The van der Waals surface area contributed by atoms with Crippen molar-refractivity contribution in [2.75, 3.05) is 13.1 Å². The molecule has 1 aliphatic rings. The number of carbonyl (C=O) groups excluding carboxylic acids is 2. The lowest BCUT2D eigenvalue weighted by molar-refractivity contribution is -0.127. The molecule has 1 N–H and O–H groups in total. The van der Waals surface area contributed by atoms with Crippen molar-refractivity contribution in [1.29, 1.82) is 0 Å². The summed E-state index contributed by atoms with van der Waals surface area (Å²) < 4.78 is 27.9. The van der Waals surface area contributed by atoms with Crippen LogP contribution in [-0.2, 0) is 4.79 Å². The van der Waals surface area contributed by atoms with Crippen LogP contribution in [0.2, 0.25) is 0 Å². The van der Waals surface area contributed by atoms with E-state index < -0.39 is 17.5 Å². The summed E-state index contributed by atoms with van der Waals surface area (Å²) in [7, 11) is 0. The van der Waals surface area contributed by atoms with Crippen molar-refractivity contribution in [3.8, 4) is 0 Å². The molecule has 1 fully saturated rings. The van der Waals surface area contributed by atoms with Crippen molar-refractivity contribution in [1.82, 2.24) is 10.2 Å². The highest BCUT2D eigenvalue weighted by molar-refractivity contribution is 9.10. The summed E-state index contributed by atoms with van der Waals surface area (Å²) in [6, 6.07) is 10.7. The molecule has 0 radical (unpaired) electrons. The van der Waals surface area contributed by atoms with Crippen molar-refractivity contribution in [2.24, 2.45) is 5.92 Å². The maximum atomic E-state index is 13.9. The Bertz CT molecular complexity index is 881. The zero-order valence-electron chi connectivity index (χ0n) is 16.1. The van der Waals surface area contributed by atoms with E-state index in [4.69, 9.17) is 0 Å². The molecular weight excluding hydrogens is 442 g/mol. The Morgan fingerprint density at radius 3 is 2.38 bits per heavy atom. The summed E-state index contributed by atoms with van der Waals surface area (Å²) in [6.07, 6.45) is 1.79. The summed E-state index contributed by atoms with van der Waals surface area (Å²) in [6.45, 7) is 2.75. The van der Waals surface area contributed by atoms with Gasteiger partial charge in [-0.05, 0) is 49.1 Å². The third-order valence-corrected chi connectivity index (χ3v) is 5.84. The van der Waals surface area contributed by atoms with Gasteiger partial charge in [-0.2, -0.15) is 0 Å². The highest BCUT2D eigenvalue weighted by Gasteiger charge is 2.29. The van der Waals surface area contributed by atoms with E-state index in [-0.39, 0.29) is 23.4 Å². The zero-order chi connectivity index (χ0) is 21.0. The number of hydrogen-bond donors (Lipinski definition) is 1. The first-order chi connectivity index (χ1) is 13.9. The molecule has 0 aromatic heterocycles. The Kier molecular flexibility index (Phi) is 7.00. The SMILES string of the molecule is CCC(NC(=O)C1CCN(C(=O)c2ccc(F)cc2F)CC1)c1ccc(Br)cc1. The van der Waals surface area contributed by atoms with Crippen LogP contribution >= 0.6 is 15.9 Å². The van der Waals surface area contributed by atoms with Gasteiger partial charge in [0.15, 0.2) is 0 Å². The molecule has 2 aromatic carbocycles. The number of rotatable bonds is 5. The van der Waals surface area contributed by atoms with Crippen molar-refractivity contribution in [3.05, 3.63) is 69.7 Å². The molecule has 0 bridgehead atoms. The highest BCUT2D eigenvalue weighted by atomic mass is 79.9. The monoisotopic (exact) mass is 464 g/mol. The van der Waals surface area contributed by atoms with E-state index in [0.717, 1.165) is 28.6 Å².